The van der Waals surface area contributed by atoms with Gasteiger partial charge in [0.1, 0.15) is 0 Å². The molecule has 0 aliphatic carbocycles. The molecule has 1 aromatic heterocycles. The van der Waals surface area contributed by atoms with Crippen molar-refractivity contribution in [3.05, 3.63) is 23.9 Å². The summed E-state index contributed by atoms with van der Waals surface area (Å²) in [5.74, 6) is -2.37. The fraction of sp³-hybridized carbons (Fsp3) is 0.619. The van der Waals surface area contributed by atoms with E-state index >= 15 is 0 Å². The van der Waals surface area contributed by atoms with Gasteiger partial charge in [0.05, 0.1) is 32.4 Å². The van der Waals surface area contributed by atoms with Crippen LogP contribution in [-0.2, 0) is 20.9 Å². The number of hydrogen-bond donors (Lipinski definition) is 3. The fourth-order valence-corrected chi connectivity index (χ4v) is 3.67. The van der Waals surface area contributed by atoms with Crippen molar-refractivity contribution in [1.29, 1.82) is 0 Å². The van der Waals surface area contributed by atoms with Crippen LogP contribution in [0.2, 0.25) is 0 Å². The lowest BCUT2D eigenvalue weighted by atomic mass is 10.3. The Kier molecular flexibility index (Phi) is 11.0. The van der Waals surface area contributed by atoms with E-state index in [1.54, 1.807) is 27.9 Å². The normalized spacial score (nSPS) is 18.2. The molecule has 3 N–H and O–H groups in total. The minimum Gasteiger partial charge on any atom is -0.481 e. The molecule has 0 saturated carbocycles. The number of hydrogen-bond acceptors (Lipinski definition) is 9. The Balaban J connectivity index is 2.17. The molecule has 0 unspecified atom stereocenters. The van der Waals surface area contributed by atoms with Gasteiger partial charge in [-0.1, -0.05) is 6.07 Å². The molecule has 184 valence electrons. The monoisotopic (exact) mass is 467 g/mol. The van der Waals surface area contributed by atoms with Crippen LogP contribution in [0.3, 0.4) is 0 Å². The fourth-order valence-electron chi connectivity index (χ4n) is 3.67. The van der Waals surface area contributed by atoms with E-state index in [0.29, 0.717) is 64.8 Å². The van der Waals surface area contributed by atoms with Gasteiger partial charge in [-0.3, -0.25) is 34.0 Å². The highest BCUT2D eigenvalue weighted by molar-refractivity contribution is 5.69. The van der Waals surface area contributed by atoms with Crippen LogP contribution in [0.1, 0.15) is 5.69 Å². The molecular weight excluding hydrogens is 434 g/mol. The van der Waals surface area contributed by atoms with E-state index in [2.05, 4.69) is 9.88 Å². The van der Waals surface area contributed by atoms with Gasteiger partial charge in [0.15, 0.2) is 0 Å². The van der Waals surface area contributed by atoms with Crippen molar-refractivity contribution in [2.24, 2.45) is 0 Å². The molecule has 1 aromatic rings. The van der Waals surface area contributed by atoms with Crippen LogP contribution in [0.4, 0.5) is 0 Å². The maximum Gasteiger partial charge on any atom is 0.317 e. The van der Waals surface area contributed by atoms with E-state index in [-0.39, 0.29) is 19.6 Å². The third-order valence-corrected chi connectivity index (χ3v) is 5.38. The van der Waals surface area contributed by atoms with Gasteiger partial charge in [0.2, 0.25) is 5.88 Å². The number of methoxy groups -OCH3 is 1. The standard InChI is InChI=1S/C21H33N5O7/c1-33-18-4-2-3-17(22-18)13-23-5-7-24(14-19(27)28)9-11-26(16-21(31)32)12-10-25(8-6-23)15-20(29)30/h2-4H,5-16H2,1H3,(H,27,28)(H,29,30)(H,31,32). The molecule has 12 heteroatoms. The van der Waals surface area contributed by atoms with Crippen LogP contribution in [0.25, 0.3) is 0 Å². The first kappa shape index (κ1) is 26.5. The van der Waals surface area contributed by atoms with Crippen LogP contribution in [0.5, 0.6) is 5.88 Å². The van der Waals surface area contributed by atoms with E-state index in [1.165, 1.54) is 0 Å². The lowest BCUT2D eigenvalue weighted by Gasteiger charge is -2.33. The Morgan fingerprint density at radius 1 is 0.758 bits per heavy atom. The zero-order valence-electron chi connectivity index (χ0n) is 18.9. The minimum atomic E-state index is -0.978. The number of aliphatic carboxylic acids is 3. The summed E-state index contributed by atoms with van der Waals surface area (Å²) in [5, 5.41) is 27.8. The first-order valence-corrected chi connectivity index (χ1v) is 10.8. The molecular formula is C21H33N5O7. The van der Waals surface area contributed by atoms with Crippen molar-refractivity contribution in [3.8, 4) is 5.88 Å². The average molecular weight is 468 g/mol. The zero-order chi connectivity index (χ0) is 24.2. The van der Waals surface area contributed by atoms with Crippen molar-refractivity contribution < 1.29 is 34.4 Å². The van der Waals surface area contributed by atoms with Crippen LogP contribution in [0, 0.1) is 0 Å². The van der Waals surface area contributed by atoms with Gasteiger partial charge >= 0.3 is 17.9 Å². The van der Waals surface area contributed by atoms with Crippen molar-refractivity contribution in [1.82, 2.24) is 24.6 Å². The first-order valence-electron chi connectivity index (χ1n) is 10.8. The first-order chi connectivity index (χ1) is 15.7. The molecule has 0 radical (unpaired) electrons. The van der Waals surface area contributed by atoms with Gasteiger partial charge in [-0.2, -0.15) is 0 Å². The Morgan fingerprint density at radius 3 is 1.52 bits per heavy atom. The number of rotatable bonds is 9. The summed E-state index contributed by atoms with van der Waals surface area (Å²) < 4.78 is 5.19. The molecule has 1 saturated heterocycles. The summed E-state index contributed by atoms with van der Waals surface area (Å²) >= 11 is 0. The predicted molar refractivity (Wildman–Crippen MR) is 118 cm³/mol. The molecule has 0 bridgehead atoms. The van der Waals surface area contributed by atoms with Crippen molar-refractivity contribution in [2.75, 3.05) is 79.1 Å². The Labute approximate surface area is 193 Å². The minimum absolute atomic E-state index is 0.142. The third kappa shape index (κ3) is 10.6. The Bertz CT molecular complexity index is 762. The van der Waals surface area contributed by atoms with Gasteiger partial charge in [0, 0.05) is 65.0 Å². The van der Waals surface area contributed by atoms with Gasteiger partial charge < -0.3 is 20.1 Å². The van der Waals surface area contributed by atoms with Crippen LogP contribution < -0.4 is 4.74 Å². The summed E-state index contributed by atoms with van der Waals surface area (Å²) in [5.41, 5.74) is 0.795. The number of carbonyl (C=O) groups is 3. The van der Waals surface area contributed by atoms with E-state index in [9.17, 15) is 29.7 Å². The molecule has 1 fully saturated rings. The molecule has 2 heterocycles. The van der Waals surface area contributed by atoms with Crippen molar-refractivity contribution in [3.63, 3.8) is 0 Å². The lowest BCUT2D eigenvalue weighted by Crippen LogP contribution is -2.48. The highest BCUT2D eigenvalue weighted by Gasteiger charge is 2.20. The van der Waals surface area contributed by atoms with Gasteiger partial charge in [0.25, 0.3) is 0 Å². The topological polar surface area (TPSA) is 147 Å². The molecule has 1 aliphatic rings. The molecule has 0 spiro atoms. The van der Waals surface area contributed by atoms with Crippen LogP contribution in [0.15, 0.2) is 18.2 Å². The van der Waals surface area contributed by atoms with Crippen LogP contribution >= 0.6 is 0 Å². The zero-order valence-corrected chi connectivity index (χ0v) is 18.9. The van der Waals surface area contributed by atoms with Gasteiger partial charge in [-0.25, -0.2) is 4.98 Å². The van der Waals surface area contributed by atoms with E-state index in [0.717, 1.165) is 5.69 Å². The number of ether oxygens (including phenoxy) is 1. The summed E-state index contributed by atoms with van der Waals surface area (Å²) in [6, 6.07) is 5.49. The molecule has 0 aromatic carbocycles. The lowest BCUT2D eigenvalue weighted by molar-refractivity contribution is -0.140. The van der Waals surface area contributed by atoms with E-state index < -0.39 is 17.9 Å². The maximum atomic E-state index is 11.3. The molecule has 0 amide bonds. The average Bonchev–Trinajstić information content (AvgIpc) is 2.74. The largest absolute Gasteiger partial charge is 0.481 e. The SMILES string of the molecule is COc1cccc(CN2CCN(CC(=O)O)CCN(CC(=O)O)CCN(CC(=O)O)CC2)n1. The molecule has 12 nitrogen and oxygen atoms in total. The Morgan fingerprint density at radius 2 is 1.15 bits per heavy atom. The van der Waals surface area contributed by atoms with Crippen LogP contribution in [-0.4, -0.2) is 137 Å². The second-order valence-corrected chi connectivity index (χ2v) is 7.96. The number of carboxylic acid groups (broad SMARTS) is 3. The third-order valence-electron chi connectivity index (χ3n) is 5.38. The molecule has 2 rings (SSSR count). The number of nitrogens with zero attached hydrogens (tertiary/aromatic N) is 5. The Hall–Kier alpha value is -2.80. The predicted octanol–water partition coefficient (Wildman–Crippen LogP) is -0.934. The number of aromatic nitrogens is 1. The summed E-state index contributed by atoms with van der Waals surface area (Å²) in [7, 11) is 1.55. The quantitative estimate of drug-likeness (QED) is 0.412. The van der Waals surface area contributed by atoms with Gasteiger partial charge in [-0.15, -0.1) is 0 Å². The smallest absolute Gasteiger partial charge is 0.317 e. The van der Waals surface area contributed by atoms with Crippen molar-refractivity contribution in [2.45, 2.75) is 6.54 Å². The molecule has 1 aliphatic heterocycles. The summed E-state index contributed by atoms with van der Waals surface area (Å²) in [4.78, 5) is 45.8. The highest BCUT2D eigenvalue weighted by atomic mass is 16.5. The van der Waals surface area contributed by atoms with Crippen molar-refractivity contribution >= 4 is 17.9 Å². The molecule has 33 heavy (non-hydrogen) atoms. The molecule has 0 atom stereocenters. The summed E-state index contributed by atoms with van der Waals surface area (Å²) in [6.07, 6.45) is 0. The number of carboxylic acids is 3. The summed E-state index contributed by atoms with van der Waals surface area (Å²) in [6.45, 7) is 3.60. The van der Waals surface area contributed by atoms with Gasteiger partial charge in [-0.05, 0) is 6.07 Å². The second-order valence-electron chi connectivity index (χ2n) is 7.96. The van der Waals surface area contributed by atoms with E-state index in [1.807, 2.05) is 12.1 Å². The second kappa shape index (κ2) is 13.7. The van der Waals surface area contributed by atoms with E-state index in [4.69, 9.17) is 4.74 Å². The maximum absolute atomic E-state index is 11.3. The number of pyridine rings is 1. The highest BCUT2D eigenvalue weighted by Crippen LogP contribution is 2.10.